The second-order valence-corrected chi connectivity index (χ2v) is 4.34. The Morgan fingerprint density at radius 3 is 2.13 bits per heavy atom. The van der Waals surface area contributed by atoms with Crippen LogP contribution in [-0.2, 0) is 0 Å². The molecule has 0 saturated heterocycles. The lowest BCUT2D eigenvalue weighted by atomic mass is 9.86. The van der Waals surface area contributed by atoms with Gasteiger partial charge in [-0.05, 0) is 18.4 Å². The molecule has 15 heavy (non-hydrogen) atoms. The van der Waals surface area contributed by atoms with Crippen LogP contribution < -0.4 is 5.73 Å². The highest BCUT2D eigenvalue weighted by Gasteiger charge is 2.22. The van der Waals surface area contributed by atoms with E-state index in [0.717, 1.165) is 5.56 Å². The van der Waals surface area contributed by atoms with E-state index >= 15 is 0 Å². The Labute approximate surface area is 91.7 Å². The molecule has 2 atom stereocenters. The van der Waals surface area contributed by atoms with Crippen molar-refractivity contribution in [2.45, 2.75) is 26.8 Å². The van der Waals surface area contributed by atoms with Crippen molar-refractivity contribution in [3.63, 3.8) is 0 Å². The van der Waals surface area contributed by atoms with Gasteiger partial charge in [-0.25, -0.2) is 0 Å². The summed E-state index contributed by atoms with van der Waals surface area (Å²) in [6.07, 6.45) is 0. The SMILES string of the molecule is Cc1ccc(C(N)C(C#N)C(C)C)cc1. The molecule has 2 heteroatoms. The summed E-state index contributed by atoms with van der Waals surface area (Å²) in [6, 6.07) is 10.2. The zero-order chi connectivity index (χ0) is 11.4. The molecule has 0 heterocycles. The topological polar surface area (TPSA) is 49.8 Å². The number of nitrogens with zero attached hydrogens (tertiary/aromatic N) is 1. The van der Waals surface area contributed by atoms with Crippen LogP contribution >= 0.6 is 0 Å². The normalized spacial score (nSPS) is 14.7. The van der Waals surface area contributed by atoms with Crippen LogP contribution in [-0.4, -0.2) is 0 Å². The summed E-state index contributed by atoms with van der Waals surface area (Å²) in [5.41, 5.74) is 8.33. The van der Waals surface area contributed by atoms with Gasteiger partial charge in [-0.1, -0.05) is 43.7 Å². The summed E-state index contributed by atoms with van der Waals surface area (Å²) < 4.78 is 0. The van der Waals surface area contributed by atoms with E-state index in [0.29, 0.717) is 0 Å². The van der Waals surface area contributed by atoms with E-state index in [-0.39, 0.29) is 17.9 Å². The molecule has 0 aliphatic heterocycles. The first-order chi connectivity index (χ1) is 7.06. The van der Waals surface area contributed by atoms with E-state index in [1.807, 2.05) is 45.0 Å². The minimum atomic E-state index is -0.185. The van der Waals surface area contributed by atoms with Gasteiger partial charge in [0.15, 0.2) is 0 Å². The highest BCUT2D eigenvalue weighted by molar-refractivity contribution is 5.25. The van der Waals surface area contributed by atoms with Crippen molar-refractivity contribution in [2.75, 3.05) is 0 Å². The van der Waals surface area contributed by atoms with E-state index in [1.54, 1.807) is 0 Å². The molecule has 1 rings (SSSR count). The first-order valence-electron chi connectivity index (χ1n) is 5.28. The number of nitrogens with two attached hydrogens (primary N) is 1. The Bertz CT molecular complexity index is 346. The molecule has 0 radical (unpaired) electrons. The van der Waals surface area contributed by atoms with Crippen LogP contribution in [0.15, 0.2) is 24.3 Å². The number of nitriles is 1. The average molecular weight is 202 g/mol. The van der Waals surface area contributed by atoms with Crippen LogP contribution in [0, 0.1) is 30.1 Å². The molecule has 1 aromatic rings. The lowest BCUT2D eigenvalue weighted by Crippen LogP contribution is -2.24. The molecule has 0 saturated carbocycles. The Hall–Kier alpha value is -1.33. The maximum atomic E-state index is 9.05. The predicted molar refractivity (Wildman–Crippen MR) is 62.0 cm³/mol. The fraction of sp³-hybridized carbons (Fsp3) is 0.462. The summed E-state index contributed by atoms with van der Waals surface area (Å²) in [6.45, 7) is 6.10. The van der Waals surface area contributed by atoms with Crippen molar-refractivity contribution in [3.8, 4) is 6.07 Å². The maximum absolute atomic E-state index is 9.05. The number of benzene rings is 1. The lowest BCUT2D eigenvalue weighted by molar-refractivity contribution is 0.403. The highest BCUT2D eigenvalue weighted by atomic mass is 14.7. The number of rotatable bonds is 3. The molecule has 80 valence electrons. The Balaban J connectivity index is 2.89. The lowest BCUT2D eigenvalue weighted by Gasteiger charge is -2.21. The van der Waals surface area contributed by atoms with Gasteiger partial charge in [-0.3, -0.25) is 0 Å². The van der Waals surface area contributed by atoms with Gasteiger partial charge in [0, 0.05) is 6.04 Å². The van der Waals surface area contributed by atoms with Gasteiger partial charge in [0.05, 0.1) is 12.0 Å². The van der Waals surface area contributed by atoms with Crippen molar-refractivity contribution in [3.05, 3.63) is 35.4 Å². The third kappa shape index (κ3) is 2.81. The Morgan fingerprint density at radius 1 is 1.20 bits per heavy atom. The molecule has 0 aromatic heterocycles. The van der Waals surface area contributed by atoms with Gasteiger partial charge in [-0.2, -0.15) is 5.26 Å². The van der Waals surface area contributed by atoms with E-state index in [9.17, 15) is 0 Å². The van der Waals surface area contributed by atoms with Crippen LogP contribution in [0.3, 0.4) is 0 Å². The van der Waals surface area contributed by atoms with E-state index in [2.05, 4.69) is 6.07 Å². The van der Waals surface area contributed by atoms with Gasteiger partial charge in [-0.15, -0.1) is 0 Å². The zero-order valence-electron chi connectivity index (χ0n) is 9.57. The van der Waals surface area contributed by atoms with Crippen molar-refractivity contribution >= 4 is 0 Å². The van der Waals surface area contributed by atoms with Crippen LogP contribution in [0.1, 0.15) is 31.0 Å². The van der Waals surface area contributed by atoms with E-state index in [1.165, 1.54) is 5.56 Å². The highest BCUT2D eigenvalue weighted by Crippen LogP contribution is 2.25. The van der Waals surface area contributed by atoms with Crippen LogP contribution in [0.5, 0.6) is 0 Å². The minimum Gasteiger partial charge on any atom is -0.323 e. The first kappa shape index (κ1) is 11.7. The number of hydrogen-bond acceptors (Lipinski definition) is 2. The van der Waals surface area contributed by atoms with Gasteiger partial charge < -0.3 is 5.73 Å². The van der Waals surface area contributed by atoms with Crippen molar-refractivity contribution in [1.29, 1.82) is 5.26 Å². The quantitative estimate of drug-likeness (QED) is 0.819. The van der Waals surface area contributed by atoms with Gasteiger partial charge in [0.25, 0.3) is 0 Å². The molecule has 2 unspecified atom stereocenters. The molecule has 0 aliphatic rings. The molecule has 0 aliphatic carbocycles. The van der Waals surface area contributed by atoms with Gasteiger partial charge in [0.1, 0.15) is 0 Å². The van der Waals surface area contributed by atoms with E-state index < -0.39 is 0 Å². The van der Waals surface area contributed by atoms with Crippen molar-refractivity contribution < 1.29 is 0 Å². The smallest absolute Gasteiger partial charge is 0.0679 e. The van der Waals surface area contributed by atoms with Crippen molar-refractivity contribution in [1.82, 2.24) is 0 Å². The molecular weight excluding hydrogens is 184 g/mol. The zero-order valence-corrected chi connectivity index (χ0v) is 9.57. The summed E-state index contributed by atoms with van der Waals surface area (Å²) in [7, 11) is 0. The second-order valence-electron chi connectivity index (χ2n) is 4.34. The Kier molecular flexibility index (Phi) is 3.88. The molecular formula is C13H18N2. The van der Waals surface area contributed by atoms with Gasteiger partial charge >= 0.3 is 0 Å². The summed E-state index contributed by atoms with van der Waals surface area (Å²) in [5.74, 6) is 0.166. The second kappa shape index (κ2) is 4.95. The number of aryl methyl sites for hydroxylation is 1. The van der Waals surface area contributed by atoms with Crippen LogP contribution in [0.25, 0.3) is 0 Å². The summed E-state index contributed by atoms with van der Waals surface area (Å²) in [5, 5.41) is 9.05. The third-order valence-electron chi connectivity index (χ3n) is 2.72. The van der Waals surface area contributed by atoms with Gasteiger partial charge in [0.2, 0.25) is 0 Å². The standard InChI is InChI=1S/C13H18N2/c1-9(2)12(8-14)13(15)11-6-4-10(3)5-7-11/h4-7,9,12-13H,15H2,1-3H3. The van der Waals surface area contributed by atoms with Crippen molar-refractivity contribution in [2.24, 2.45) is 17.6 Å². The first-order valence-corrected chi connectivity index (χ1v) is 5.28. The molecule has 2 N–H and O–H groups in total. The molecule has 2 nitrogen and oxygen atoms in total. The fourth-order valence-corrected chi connectivity index (χ4v) is 1.64. The monoisotopic (exact) mass is 202 g/mol. The minimum absolute atomic E-state index is 0.118. The third-order valence-corrected chi connectivity index (χ3v) is 2.72. The van der Waals surface area contributed by atoms with Crippen LogP contribution in [0.4, 0.5) is 0 Å². The molecule has 0 spiro atoms. The molecule has 1 aromatic carbocycles. The summed E-state index contributed by atoms with van der Waals surface area (Å²) in [4.78, 5) is 0. The Morgan fingerprint density at radius 2 is 1.73 bits per heavy atom. The number of hydrogen-bond donors (Lipinski definition) is 1. The largest absolute Gasteiger partial charge is 0.323 e. The fourth-order valence-electron chi connectivity index (χ4n) is 1.64. The molecule has 0 bridgehead atoms. The maximum Gasteiger partial charge on any atom is 0.0679 e. The van der Waals surface area contributed by atoms with E-state index in [4.69, 9.17) is 11.0 Å². The molecule has 0 fully saturated rings. The van der Waals surface area contributed by atoms with Crippen LogP contribution in [0.2, 0.25) is 0 Å². The predicted octanol–water partition coefficient (Wildman–Crippen LogP) is 2.79. The summed E-state index contributed by atoms with van der Waals surface area (Å²) >= 11 is 0. The average Bonchev–Trinajstić information content (AvgIpc) is 2.19. The molecule has 0 amide bonds.